The van der Waals surface area contributed by atoms with Crippen molar-refractivity contribution in [3.63, 3.8) is 0 Å². The number of aryl methyl sites for hydroxylation is 1. The zero-order valence-electron chi connectivity index (χ0n) is 10.6. The van der Waals surface area contributed by atoms with Gasteiger partial charge in [0.1, 0.15) is 0 Å². The molecule has 0 aliphatic rings. The van der Waals surface area contributed by atoms with Crippen molar-refractivity contribution in [2.75, 3.05) is 5.32 Å². The summed E-state index contributed by atoms with van der Waals surface area (Å²) in [6, 6.07) is 3.82. The summed E-state index contributed by atoms with van der Waals surface area (Å²) in [6.45, 7) is 5.33. The number of carbonyl (C=O) groups is 1. The Morgan fingerprint density at radius 1 is 1.44 bits per heavy atom. The van der Waals surface area contributed by atoms with Crippen LogP contribution in [0.1, 0.15) is 19.4 Å². The van der Waals surface area contributed by atoms with Gasteiger partial charge < -0.3 is 11.1 Å². The lowest BCUT2D eigenvalue weighted by Gasteiger charge is -2.15. The van der Waals surface area contributed by atoms with E-state index in [9.17, 15) is 14.9 Å². The molecule has 6 nitrogen and oxygen atoms in total. The van der Waals surface area contributed by atoms with E-state index < -0.39 is 11.0 Å². The summed E-state index contributed by atoms with van der Waals surface area (Å²) in [5.74, 6) is -0.262. The second-order valence-electron chi connectivity index (χ2n) is 4.52. The largest absolute Gasteiger partial charge is 0.325 e. The molecule has 0 radical (unpaired) electrons. The first-order chi connectivity index (χ1) is 8.32. The third kappa shape index (κ3) is 3.27. The van der Waals surface area contributed by atoms with Crippen molar-refractivity contribution in [2.24, 2.45) is 11.7 Å². The third-order valence-electron chi connectivity index (χ3n) is 2.68. The minimum absolute atomic E-state index is 0.0288. The van der Waals surface area contributed by atoms with Gasteiger partial charge in [0.15, 0.2) is 0 Å². The molecule has 1 atom stereocenters. The molecule has 1 aromatic carbocycles. The molecule has 0 saturated carbocycles. The first kappa shape index (κ1) is 14.1. The Hall–Kier alpha value is -1.95. The average molecular weight is 251 g/mol. The molecule has 0 bridgehead atoms. The van der Waals surface area contributed by atoms with Crippen LogP contribution < -0.4 is 11.1 Å². The Morgan fingerprint density at radius 2 is 2.06 bits per heavy atom. The van der Waals surface area contributed by atoms with Crippen molar-refractivity contribution in [1.29, 1.82) is 0 Å². The van der Waals surface area contributed by atoms with Gasteiger partial charge in [-0.3, -0.25) is 14.9 Å². The number of nitro benzene ring substituents is 1. The van der Waals surface area contributed by atoms with E-state index in [1.165, 1.54) is 12.1 Å². The molecule has 6 heteroatoms. The van der Waals surface area contributed by atoms with Gasteiger partial charge in [-0.25, -0.2) is 0 Å². The van der Waals surface area contributed by atoms with Crippen LogP contribution in [-0.4, -0.2) is 16.9 Å². The van der Waals surface area contributed by atoms with Gasteiger partial charge in [-0.05, 0) is 25.0 Å². The Kier molecular flexibility index (Phi) is 4.38. The monoisotopic (exact) mass is 251 g/mol. The highest BCUT2D eigenvalue weighted by Gasteiger charge is 2.18. The average Bonchev–Trinajstić information content (AvgIpc) is 2.27. The quantitative estimate of drug-likeness (QED) is 0.630. The molecule has 1 rings (SSSR count). The van der Waals surface area contributed by atoms with Crippen molar-refractivity contribution in [2.45, 2.75) is 26.8 Å². The fraction of sp³-hybridized carbons (Fsp3) is 0.417. The molecule has 0 unspecified atom stereocenters. The maximum absolute atomic E-state index is 11.7. The fourth-order valence-corrected chi connectivity index (χ4v) is 1.47. The van der Waals surface area contributed by atoms with Crippen molar-refractivity contribution in [1.82, 2.24) is 0 Å². The van der Waals surface area contributed by atoms with E-state index in [-0.39, 0.29) is 17.5 Å². The lowest BCUT2D eigenvalue weighted by Crippen LogP contribution is -2.39. The van der Waals surface area contributed by atoms with Crippen LogP contribution in [0.5, 0.6) is 0 Å². The molecule has 3 N–H and O–H groups in total. The fourth-order valence-electron chi connectivity index (χ4n) is 1.47. The summed E-state index contributed by atoms with van der Waals surface area (Å²) in [6.07, 6.45) is 0. The Labute approximate surface area is 105 Å². The summed E-state index contributed by atoms with van der Waals surface area (Å²) in [7, 11) is 0. The maximum Gasteiger partial charge on any atom is 0.272 e. The number of rotatable bonds is 4. The van der Waals surface area contributed by atoms with Gasteiger partial charge >= 0.3 is 0 Å². The van der Waals surface area contributed by atoms with E-state index in [1.807, 2.05) is 13.8 Å². The summed E-state index contributed by atoms with van der Waals surface area (Å²) in [5, 5.41) is 13.3. The molecule has 0 spiro atoms. The first-order valence-electron chi connectivity index (χ1n) is 5.64. The summed E-state index contributed by atoms with van der Waals surface area (Å²) in [5.41, 5.74) is 6.74. The number of hydrogen-bond donors (Lipinski definition) is 2. The van der Waals surface area contributed by atoms with Crippen molar-refractivity contribution >= 4 is 17.3 Å². The molecule has 0 saturated heterocycles. The van der Waals surface area contributed by atoms with E-state index >= 15 is 0 Å². The standard InChI is InChI=1S/C12H17N3O3/c1-7(2)11(13)12(16)14-9-4-5-10(15(17)18)8(3)6-9/h4-7,11H,13H2,1-3H3,(H,14,16)/t11-/m0/s1. The molecule has 18 heavy (non-hydrogen) atoms. The Morgan fingerprint density at radius 3 is 2.50 bits per heavy atom. The number of nitrogens with zero attached hydrogens (tertiary/aromatic N) is 1. The molecule has 1 aromatic rings. The van der Waals surface area contributed by atoms with Gasteiger partial charge in [-0.2, -0.15) is 0 Å². The molecule has 0 aliphatic heterocycles. The summed E-state index contributed by atoms with van der Waals surface area (Å²) < 4.78 is 0. The molecule has 98 valence electrons. The number of amides is 1. The van der Waals surface area contributed by atoms with Crippen molar-refractivity contribution < 1.29 is 9.72 Å². The molecule has 0 aliphatic carbocycles. The zero-order valence-corrected chi connectivity index (χ0v) is 10.6. The van der Waals surface area contributed by atoms with E-state index in [4.69, 9.17) is 5.73 Å². The Bertz CT molecular complexity index is 472. The number of hydrogen-bond acceptors (Lipinski definition) is 4. The topological polar surface area (TPSA) is 98.3 Å². The first-order valence-corrected chi connectivity index (χ1v) is 5.64. The lowest BCUT2D eigenvalue weighted by atomic mass is 10.0. The molecular weight excluding hydrogens is 234 g/mol. The van der Waals surface area contributed by atoms with Crippen LogP contribution in [0.2, 0.25) is 0 Å². The van der Waals surface area contributed by atoms with Crippen LogP contribution >= 0.6 is 0 Å². The van der Waals surface area contributed by atoms with E-state index in [0.29, 0.717) is 11.3 Å². The third-order valence-corrected chi connectivity index (χ3v) is 2.68. The van der Waals surface area contributed by atoms with Crippen LogP contribution in [0.4, 0.5) is 11.4 Å². The van der Waals surface area contributed by atoms with Crippen LogP contribution in [0.25, 0.3) is 0 Å². The van der Waals surface area contributed by atoms with Gasteiger partial charge in [-0.15, -0.1) is 0 Å². The molecule has 0 aromatic heterocycles. The smallest absolute Gasteiger partial charge is 0.272 e. The van der Waals surface area contributed by atoms with Crippen LogP contribution in [-0.2, 0) is 4.79 Å². The SMILES string of the molecule is Cc1cc(NC(=O)[C@@H](N)C(C)C)ccc1[N+](=O)[O-]. The minimum Gasteiger partial charge on any atom is -0.325 e. The molecular formula is C12H17N3O3. The summed E-state index contributed by atoms with van der Waals surface area (Å²) in [4.78, 5) is 21.9. The number of nitrogens with one attached hydrogen (secondary N) is 1. The highest BCUT2D eigenvalue weighted by molar-refractivity contribution is 5.95. The van der Waals surface area contributed by atoms with Crippen molar-refractivity contribution in [3.8, 4) is 0 Å². The highest BCUT2D eigenvalue weighted by atomic mass is 16.6. The van der Waals surface area contributed by atoms with Crippen LogP contribution in [0.15, 0.2) is 18.2 Å². The number of carbonyl (C=O) groups excluding carboxylic acids is 1. The molecule has 1 amide bonds. The van der Waals surface area contributed by atoms with Crippen LogP contribution in [0.3, 0.4) is 0 Å². The Balaban J connectivity index is 2.84. The summed E-state index contributed by atoms with van der Waals surface area (Å²) >= 11 is 0. The van der Waals surface area contributed by atoms with Gasteiger partial charge in [0.2, 0.25) is 5.91 Å². The number of nitrogens with two attached hydrogens (primary N) is 1. The highest BCUT2D eigenvalue weighted by Crippen LogP contribution is 2.21. The molecule has 0 heterocycles. The van der Waals surface area contributed by atoms with E-state index in [0.717, 1.165) is 0 Å². The van der Waals surface area contributed by atoms with Gasteiger partial charge in [-0.1, -0.05) is 13.8 Å². The number of nitro groups is 1. The number of benzene rings is 1. The van der Waals surface area contributed by atoms with E-state index in [2.05, 4.69) is 5.32 Å². The van der Waals surface area contributed by atoms with E-state index in [1.54, 1.807) is 13.0 Å². The predicted octanol–water partition coefficient (Wildman–Crippen LogP) is 1.83. The normalized spacial score (nSPS) is 12.3. The maximum atomic E-state index is 11.7. The van der Waals surface area contributed by atoms with Gasteiger partial charge in [0.05, 0.1) is 11.0 Å². The van der Waals surface area contributed by atoms with Crippen molar-refractivity contribution in [3.05, 3.63) is 33.9 Å². The second-order valence-corrected chi connectivity index (χ2v) is 4.52. The lowest BCUT2D eigenvalue weighted by molar-refractivity contribution is -0.385. The van der Waals surface area contributed by atoms with Gasteiger partial charge in [0, 0.05) is 17.3 Å². The minimum atomic E-state index is -0.597. The van der Waals surface area contributed by atoms with Crippen LogP contribution in [0, 0.1) is 23.0 Å². The predicted molar refractivity (Wildman–Crippen MR) is 69.3 cm³/mol. The van der Waals surface area contributed by atoms with Gasteiger partial charge in [0.25, 0.3) is 5.69 Å². The second kappa shape index (κ2) is 5.59. The zero-order chi connectivity index (χ0) is 13.9. The number of anilines is 1. The molecule has 0 fully saturated rings.